The monoisotopic (exact) mass is 300 g/mol. The van der Waals surface area contributed by atoms with Gasteiger partial charge in [0.05, 0.1) is 5.75 Å². The van der Waals surface area contributed by atoms with Crippen molar-refractivity contribution in [1.82, 2.24) is 0 Å². The second-order valence-corrected chi connectivity index (χ2v) is 6.10. The van der Waals surface area contributed by atoms with Gasteiger partial charge in [0, 0.05) is 10.9 Å². The molecule has 0 unspecified atom stereocenters. The van der Waals surface area contributed by atoms with E-state index in [-0.39, 0.29) is 0 Å². The summed E-state index contributed by atoms with van der Waals surface area (Å²) in [6.45, 7) is 4.34. The number of Topliss-reactive ketones (excluding diaryl/α,β-unsaturated/α-hetero) is 1. The average Bonchev–Trinajstić information content (AvgIpc) is 2.21. The maximum absolute atomic E-state index is 11.7. The van der Waals surface area contributed by atoms with Crippen molar-refractivity contribution in [3.8, 4) is 0 Å². The van der Waals surface area contributed by atoms with Crippen LogP contribution in [0.3, 0.4) is 0 Å². The standard InChI is InChI=1S/C13H17BrOS/c1-10(2)8-16-9-12(15)7-11-5-3-4-6-13(11)14/h3-6,10H,7-9H2,1-2H3. The smallest absolute Gasteiger partial charge is 0.147 e. The number of carbonyl (C=O) groups is 1. The van der Waals surface area contributed by atoms with E-state index in [2.05, 4.69) is 29.8 Å². The first-order valence-corrected chi connectivity index (χ1v) is 7.37. The lowest BCUT2D eigenvalue weighted by Crippen LogP contribution is -2.07. The highest BCUT2D eigenvalue weighted by Gasteiger charge is 2.06. The minimum atomic E-state index is 0.303. The van der Waals surface area contributed by atoms with E-state index < -0.39 is 0 Å². The molecule has 0 atom stereocenters. The molecule has 0 spiro atoms. The summed E-state index contributed by atoms with van der Waals surface area (Å²) in [6.07, 6.45) is 0.534. The maximum atomic E-state index is 11.7. The number of carbonyl (C=O) groups excluding carboxylic acids is 1. The lowest BCUT2D eigenvalue weighted by Gasteiger charge is -2.05. The Balaban J connectivity index is 2.37. The molecule has 88 valence electrons. The van der Waals surface area contributed by atoms with Crippen molar-refractivity contribution >= 4 is 33.5 Å². The minimum Gasteiger partial charge on any atom is -0.298 e. The number of benzene rings is 1. The number of thioether (sulfide) groups is 1. The van der Waals surface area contributed by atoms with Gasteiger partial charge in [-0.1, -0.05) is 48.0 Å². The molecule has 0 bridgehead atoms. The van der Waals surface area contributed by atoms with Crippen LogP contribution in [0.5, 0.6) is 0 Å². The van der Waals surface area contributed by atoms with Gasteiger partial charge in [0.2, 0.25) is 0 Å². The summed E-state index contributed by atoms with van der Waals surface area (Å²) in [5.41, 5.74) is 1.08. The molecule has 0 saturated heterocycles. The van der Waals surface area contributed by atoms with Crippen molar-refractivity contribution in [3.63, 3.8) is 0 Å². The maximum Gasteiger partial charge on any atom is 0.147 e. The van der Waals surface area contributed by atoms with E-state index in [1.165, 1.54) is 0 Å². The zero-order valence-corrected chi connectivity index (χ0v) is 12.1. The van der Waals surface area contributed by atoms with Gasteiger partial charge in [-0.05, 0) is 23.3 Å². The molecule has 0 amide bonds. The summed E-state index contributed by atoms with van der Waals surface area (Å²) in [5, 5.41) is 0. The van der Waals surface area contributed by atoms with Gasteiger partial charge in [0.1, 0.15) is 5.78 Å². The highest BCUT2D eigenvalue weighted by atomic mass is 79.9. The van der Waals surface area contributed by atoms with Crippen LogP contribution < -0.4 is 0 Å². The molecule has 0 radical (unpaired) electrons. The molecular formula is C13H17BrOS. The normalized spacial score (nSPS) is 10.8. The quantitative estimate of drug-likeness (QED) is 0.791. The number of halogens is 1. The first-order chi connectivity index (χ1) is 7.59. The average molecular weight is 301 g/mol. The van der Waals surface area contributed by atoms with Crippen molar-refractivity contribution in [1.29, 1.82) is 0 Å². The van der Waals surface area contributed by atoms with Crippen LogP contribution in [0.4, 0.5) is 0 Å². The van der Waals surface area contributed by atoms with Crippen LogP contribution in [0, 0.1) is 5.92 Å². The fourth-order valence-corrected chi connectivity index (χ4v) is 2.66. The Bertz CT molecular complexity index is 350. The van der Waals surface area contributed by atoms with E-state index in [1.54, 1.807) is 11.8 Å². The fraction of sp³-hybridized carbons (Fsp3) is 0.462. The molecule has 0 fully saturated rings. The number of ketones is 1. The zero-order chi connectivity index (χ0) is 12.0. The van der Waals surface area contributed by atoms with E-state index in [0.29, 0.717) is 23.9 Å². The van der Waals surface area contributed by atoms with Gasteiger partial charge >= 0.3 is 0 Å². The van der Waals surface area contributed by atoms with Gasteiger partial charge in [-0.3, -0.25) is 4.79 Å². The molecular weight excluding hydrogens is 284 g/mol. The predicted molar refractivity (Wildman–Crippen MR) is 75.0 cm³/mol. The van der Waals surface area contributed by atoms with Crippen LogP contribution in [0.1, 0.15) is 19.4 Å². The van der Waals surface area contributed by atoms with Crippen LogP contribution in [0.2, 0.25) is 0 Å². The van der Waals surface area contributed by atoms with Crippen molar-refractivity contribution in [2.75, 3.05) is 11.5 Å². The van der Waals surface area contributed by atoms with Gasteiger partial charge in [-0.25, -0.2) is 0 Å². The molecule has 0 aliphatic rings. The topological polar surface area (TPSA) is 17.1 Å². The van der Waals surface area contributed by atoms with Gasteiger partial charge < -0.3 is 0 Å². The summed E-state index contributed by atoms with van der Waals surface area (Å²) in [7, 11) is 0. The van der Waals surface area contributed by atoms with E-state index in [4.69, 9.17) is 0 Å². The Kier molecular flexibility index (Phi) is 6.14. The van der Waals surface area contributed by atoms with Gasteiger partial charge in [-0.15, -0.1) is 0 Å². The van der Waals surface area contributed by atoms with Gasteiger partial charge in [-0.2, -0.15) is 11.8 Å². The summed E-state index contributed by atoms with van der Waals surface area (Å²) < 4.78 is 1.03. The summed E-state index contributed by atoms with van der Waals surface area (Å²) in [5.74, 6) is 2.64. The third kappa shape index (κ3) is 5.17. The van der Waals surface area contributed by atoms with Crippen molar-refractivity contribution in [2.45, 2.75) is 20.3 Å². The molecule has 1 aromatic rings. The van der Waals surface area contributed by atoms with Crippen LogP contribution in [0.15, 0.2) is 28.7 Å². The van der Waals surface area contributed by atoms with Crippen LogP contribution in [-0.2, 0) is 11.2 Å². The van der Waals surface area contributed by atoms with Crippen molar-refractivity contribution in [2.24, 2.45) is 5.92 Å². The predicted octanol–water partition coefficient (Wildman–Crippen LogP) is 3.95. The molecule has 0 heterocycles. The van der Waals surface area contributed by atoms with Crippen LogP contribution in [-0.4, -0.2) is 17.3 Å². The Labute approximate surface area is 110 Å². The van der Waals surface area contributed by atoms with Crippen LogP contribution in [0.25, 0.3) is 0 Å². The zero-order valence-electron chi connectivity index (χ0n) is 9.70. The lowest BCUT2D eigenvalue weighted by atomic mass is 10.1. The molecule has 0 saturated carbocycles. The third-order valence-corrected chi connectivity index (χ3v) is 4.26. The molecule has 0 aliphatic carbocycles. The Hall–Kier alpha value is -0.280. The Morgan fingerprint density at radius 3 is 2.69 bits per heavy atom. The highest BCUT2D eigenvalue weighted by Crippen LogP contribution is 2.17. The summed E-state index contributed by atoms with van der Waals surface area (Å²) in [6, 6.07) is 7.90. The molecule has 0 N–H and O–H groups in total. The summed E-state index contributed by atoms with van der Waals surface area (Å²) >= 11 is 5.19. The summed E-state index contributed by atoms with van der Waals surface area (Å²) in [4.78, 5) is 11.7. The number of rotatable bonds is 6. The number of hydrogen-bond donors (Lipinski definition) is 0. The van der Waals surface area contributed by atoms with E-state index >= 15 is 0 Å². The third-order valence-electron chi connectivity index (χ3n) is 2.06. The molecule has 1 rings (SSSR count). The lowest BCUT2D eigenvalue weighted by molar-refractivity contribution is -0.116. The van der Waals surface area contributed by atoms with Gasteiger partial charge in [0.15, 0.2) is 0 Å². The Morgan fingerprint density at radius 1 is 1.38 bits per heavy atom. The Morgan fingerprint density at radius 2 is 2.06 bits per heavy atom. The molecule has 16 heavy (non-hydrogen) atoms. The SMILES string of the molecule is CC(C)CSCC(=O)Cc1ccccc1Br. The second-order valence-electron chi connectivity index (χ2n) is 4.22. The number of hydrogen-bond acceptors (Lipinski definition) is 2. The molecule has 0 aromatic heterocycles. The fourth-order valence-electron chi connectivity index (χ4n) is 1.31. The largest absolute Gasteiger partial charge is 0.298 e. The highest BCUT2D eigenvalue weighted by molar-refractivity contribution is 9.10. The van der Waals surface area contributed by atoms with E-state index in [9.17, 15) is 4.79 Å². The van der Waals surface area contributed by atoms with Crippen LogP contribution >= 0.6 is 27.7 Å². The van der Waals surface area contributed by atoms with Crippen molar-refractivity contribution < 1.29 is 4.79 Å². The minimum absolute atomic E-state index is 0.303. The van der Waals surface area contributed by atoms with Crippen molar-refractivity contribution in [3.05, 3.63) is 34.3 Å². The first kappa shape index (κ1) is 13.8. The van der Waals surface area contributed by atoms with E-state index in [0.717, 1.165) is 15.8 Å². The molecule has 0 aliphatic heterocycles. The first-order valence-electron chi connectivity index (χ1n) is 5.42. The second kappa shape index (κ2) is 7.13. The molecule has 1 nitrogen and oxygen atoms in total. The van der Waals surface area contributed by atoms with E-state index in [1.807, 2.05) is 24.3 Å². The molecule has 1 aromatic carbocycles. The molecule has 3 heteroatoms. The van der Waals surface area contributed by atoms with Gasteiger partial charge in [0.25, 0.3) is 0 Å².